The zero-order valence-corrected chi connectivity index (χ0v) is 15.3. The van der Waals surface area contributed by atoms with Gasteiger partial charge in [-0.05, 0) is 18.1 Å². The third-order valence-electron chi connectivity index (χ3n) is 4.80. The Hall–Kier alpha value is -2.93. The van der Waals surface area contributed by atoms with Crippen LogP contribution in [0.25, 0.3) is 10.9 Å². The summed E-state index contributed by atoms with van der Waals surface area (Å²) >= 11 is 0. The molecule has 140 valence electrons. The summed E-state index contributed by atoms with van der Waals surface area (Å²) in [6.07, 6.45) is 4.72. The predicted molar refractivity (Wildman–Crippen MR) is 102 cm³/mol. The Bertz CT molecular complexity index is 939. The van der Waals surface area contributed by atoms with Gasteiger partial charge in [0.15, 0.2) is 0 Å². The monoisotopic (exact) mass is 365 g/mol. The van der Waals surface area contributed by atoms with Gasteiger partial charge in [-0.3, -0.25) is 19.8 Å². The van der Waals surface area contributed by atoms with Gasteiger partial charge in [0.2, 0.25) is 5.91 Å². The molecule has 2 aromatic heterocycles. The second-order valence-electron chi connectivity index (χ2n) is 6.91. The fourth-order valence-corrected chi connectivity index (χ4v) is 3.47. The van der Waals surface area contributed by atoms with Gasteiger partial charge in [-0.15, -0.1) is 0 Å². The zero-order valence-electron chi connectivity index (χ0n) is 15.3. The number of benzene rings is 1. The van der Waals surface area contributed by atoms with Crippen molar-refractivity contribution in [3.8, 4) is 5.75 Å². The Morgan fingerprint density at radius 1 is 1.41 bits per heavy atom. The minimum Gasteiger partial charge on any atom is -0.489 e. The van der Waals surface area contributed by atoms with Crippen molar-refractivity contribution in [3.63, 3.8) is 0 Å². The van der Waals surface area contributed by atoms with Gasteiger partial charge in [0.25, 0.3) is 0 Å². The molecular weight excluding hydrogens is 342 g/mol. The highest BCUT2D eigenvalue weighted by Crippen LogP contribution is 2.22. The number of hydrogen-bond donors (Lipinski definition) is 2. The standard InChI is InChI=1S/C20H23N5O2/c1-14(26)22-11-17-9-18(5-7-21-17)27-19-6-8-25(13-19)12-16-4-2-3-15-10-23-24-20(15)16/h2-5,7,9-10,19H,6,8,11-13H2,1H3,(H,22,26)(H,23,24). The number of aromatic nitrogens is 3. The van der Waals surface area contributed by atoms with Gasteiger partial charge in [0.05, 0.1) is 24.0 Å². The fourth-order valence-electron chi connectivity index (χ4n) is 3.47. The average Bonchev–Trinajstić information content (AvgIpc) is 3.30. The molecule has 1 aliphatic rings. The van der Waals surface area contributed by atoms with Crippen molar-refractivity contribution in [2.45, 2.75) is 32.5 Å². The lowest BCUT2D eigenvalue weighted by molar-refractivity contribution is -0.119. The number of hydrogen-bond acceptors (Lipinski definition) is 5. The fraction of sp³-hybridized carbons (Fsp3) is 0.350. The maximum absolute atomic E-state index is 11.0. The molecule has 0 radical (unpaired) electrons. The third kappa shape index (κ3) is 4.25. The van der Waals surface area contributed by atoms with Gasteiger partial charge in [0, 0.05) is 44.2 Å². The smallest absolute Gasteiger partial charge is 0.217 e. The van der Waals surface area contributed by atoms with Crippen LogP contribution in [0.4, 0.5) is 0 Å². The van der Waals surface area contributed by atoms with Crippen LogP contribution in [0.2, 0.25) is 0 Å². The minimum atomic E-state index is -0.0677. The maximum atomic E-state index is 11.0. The Morgan fingerprint density at radius 2 is 2.33 bits per heavy atom. The Kier molecular flexibility index (Phi) is 5.02. The topological polar surface area (TPSA) is 83.1 Å². The molecule has 0 bridgehead atoms. The second kappa shape index (κ2) is 7.75. The highest BCUT2D eigenvalue weighted by Gasteiger charge is 2.24. The molecule has 4 rings (SSSR count). The molecule has 7 nitrogen and oxygen atoms in total. The van der Waals surface area contributed by atoms with Crippen molar-refractivity contribution in [1.82, 2.24) is 25.4 Å². The molecule has 3 heterocycles. The number of aromatic amines is 1. The first-order valence-electron chi connectivity index (χ1n) is 9.17. The van der Waals surface area contributed by atoms with Crippen LogP contribution in [0.15, 0.2) is 42.7 Å². The van der Waals surface area contributed by atoms with Gasteiger partial charge in [-0.2, -0.15) is 5.10 Å². The molecule has 2 N–H and O–H groups in total. The van der Waals surface area contributed by atoms with Crippen molar-refractivity contribution in [1.29, 1.82) is 0 Å². The number of H-pyrrole nitrogens is 1. The van der Waals surface area contributed by atoms with Crippen molar-refractivity contribution in [3.05, 3.63) is 54.0 Å². The molecule has 3 aromatic rings. The summed E-state index contributed by atoms with van der Waals surface area (Å²) in [5.41, 5.74) is 3.16. The summed E-state index contributed by atoms with van der Waals surface area (Å²) < 4.78 is 6.15. The number of ether oxygens (including phenoxy) is 1. The lowest BCUT2D eigenvalue weighted by atomic mass is 10.1. The first-order chi connectivity index (χ1) is 13.2. The van der Waals surface area contributed by atoms with Crippen molar-refractivity contribution in [2.75, 3.05) is 13.1 Å². The molecule has 1 atom stereocenters. The predicted octanol–water partition coefficient (Wildman–Crippen LogP) is 2.25. The van der Waals surface area contributed by atoms with Gasteiger partial charge in [0.1, 0.15) is 11.9 Å². The summed E-state index contributed by atoms with van der Waals surface area (Å²) in [5, 5.41) is 11.1. The number of nitrogens with zero attached hydrogens (tertiary/aromatic N) is 3. The minimum absolute atomic E-state index is 0.0677. The summed E-state index contributed by atoms with van der Waals surface area (Å²) in [7, 11) is 0. The van der Waals surface area contributed by atoms with Crippen molar-refractivity contribution in [2.24, 2.45) is 0 Å². The van der Waals surface area contributed by atoms with E-state index < -0.39 is 0 Å². The number of carbonyl (C=O) groups excluding carboxylic acids is 1. The molecule has 1 fully saturated rings. The van der Waals surface area contributed by atoms with Crippen molar-refractivity contribution < 1.29 is 9.53 Å². The molecule has 1 aromatic carbocycles. The molecular formula is C20H23N5O2. The van der Waals surface area contributed by atoms with E-state index in [1.807, 2.05) is 18.3 Å². The number of para-hydroxylation sites is 1. The van der Waals surface area contributed by atoms with Crippen LogP contribution in [0.5, 0.6) is 5.75 Å². The first-order valence-corrected chi connectivity index (χ1v) is 9.17. The highest BCUT2D eigenvalue weighted by atomic mass is 16.5. The van der Waals surface area contributed by atoms with E-state index in [2.05, 4.69) is 43.6 Å². The van der Waals surface area contributed by atoms with Crippen LogP contribution in [0.3, 0.4) is 0 Å². The van der Waals surface area contributed by atoms with Crippen LogP contribution in [-0.2, 0) is 17.9 Å². The van der Waals surface area contributed by atoms with Crippen LogP contribution in [0.1, 0.15) is 24.6 Å². The van der Waals surface area contributed by atoms with Crippen molar-refractivity contribution >= 4 is 16.8 Å². The van der Waals surface area contributed by atoms with E-state index in [0.29, 0.717) is 6.54 Å². The summed E-state index contributed by atoms with van der Waals surface area (Å²) in [4.78, 5) is 17.7. The molecule has 0 spiro atoms. The largest absolute Gasteiger partial charge is 0.489 e. The molecule has 0 aliphatic carbocycles. The average molecular weight is 365 g/mol. The van der Waals surface area contributed by atoms with E-state index in [4.69, 9.17) is 4.74 Å². The number of likely N-dealkylation sites (tertiary alicyclic amines) is 1. The lowest BCUT2D eigenvalue weighted by Crippen LogP contribution is -2.25. The molecule has 0 saturated carbocycles. The van der Waals surface area contributed by atoms with E-state index in [9.17, 15) is 4.79 Å². The number of carbonyl (C=O) groups is 1. The third-order valence-corrected chi connectivity index (χ3v) is 4.80. The number of rotatable bonds is 6. The molecule has 27 heavy (non-hydrogen) atoms. The summed E-state index contributed by atoms with van der Waals surface area (Å²) in [6.45, 7) is 4.67. The summed E-state index contributed by atoms with van der Waals surface area (Å²) in [5.74, 6) is 0.731. The summed E-state index contributed by atoms with van der Waals surface area (Å²) in [6, 6.07) is 10.0. The molecule has 1 amide bonds. The first kappa shape index (κ1) is 17.5. The van der Waals surface area contributed by atoms with E-state index in [0.717, 1.165) is 48.4 Å². The highest BCUT2D eigenvalue weighted by molar-refractivity contribution is 5.81. The molecule has 1 unspecified atom stereocenters. The Balaban J connectivity index is 1.35. The van der Waals surface area contributed by atoms with E-state index in [1.165, 1.54) is 12.5 Å². The van der Waals surface area contributed by atoms with Crippen LogP contribution in [-0.4, -0.2) is 45.2 Å². The van der Waals surface area contributed by atoms with Crippen LogP contribution < -0.4 is 10.1 Å². The number of nitrogens with one attached hydrogen (secondary N) is 2. The Labute approximate surface area is 157 Å². The normalized spacial score (nSPS) is 17.3. The van der Waals surface area contributed by atoms with Gasteiger partial charge < -0.3 is 10.1 Å². The van der Waals surface area contributed by atoms with Crippen LogP contribution in [0, 0.1) is 0 Å². The van der Waals surface area contributed by atoms with E-state index >= 15 is 0 Å². The van der Waals surface area contributed by atoms with E-state index in [1.54, 1.807) is 6.20 Å². The van der Waals surface area contributed by atoms with Gasteiger partial charge in [-0.1, -0.05) is 18.2 Å². The van der Waals surface area contributed by atoms with Gasteiger partial charge in [-0.25, -0.2) is 0 Å². The van der Waals surface area contributed by atoms with Crippen LogP contribution >= 0.6 is 0 Å². The lowest BCUT2D eigenvalue weighted by Gasteiger charge is -2.17. The number of amides is 1. The molecule has 1 saturated heterocycles. The Morgan fingerprint density at radius 3 is 3.22 bits per heavy atom. The zero-order chi connectivity index (χ0) is 18.6. The molecule has 1 aliphatic heterocycles. The maximum Gasteiger partial charge on any atom is 0.217 e. The van der Waals surface area contributed by atoms with E-state index in [-0.39, 0.29) is 12.0 Å². The molecule has 7 heteroatoms. The van der Waals surface area contributed by atoms with Gasteiger partial charge >= 0.3 is 0 Å². The number of fused-ring (bicyclic) bond motifs is 1. The second-order valence-corrected chi connectivity index (χ2v) is 6.91. The quantitative estimate of drug-likeness (QED) is 0.700. The number of pyridine rings is 1. The SMILES string of the molecule is CC(=O)NCc1cc(OC2CCN(Cc3cccc4cn[nH]c34)C2)ccn1.